The highest BCUT2D eigenvalue weighted by Gasteiger charge is 2.45. The number of likely N-dealkylation sites (tertiary alicyclic amines) is 1. The van der Waals surface area contributed by atoms with Crippen LogP contribution in [0, 0.1) is 0 Å². The van der Waals surface area contributed by atoms with Crippen LogP contribution in [-0.4, -0.2) is 47.4 Å². The van der Waals surface area contributed by atoms with E-state index in [9.17, 15) is 9.59 Å². The lowest BCUT2D eigenvalue weighted by molar-refractivity contribution is 0.0302. The molecule has 1 N–H and O–H groups in total. The summed E-state index contributed by atoms with van der Waals surface area (Å²) in [5.74, 6) is 0.0714. The molecule has 3 amide bonds. The van der Waals surface area contributed by atoms with Gasteiger partial charge < -0.3 is 15.1 Å². The van der Waals surface area contributed by atoms with E-state index in [4.69, 9.17) is 23.2 Å². The van der Waals surface area contributed by atoms with Crippen LogP contribution in [0.15, 0.2) is 42.5 Å². The number of hydrogen-bond donors (Lipinski definition) is 1. The topological polar surface area (TPSA) is 52.7 Å². The molecular weight excluding hydrogens is 409 g/mol. The molecule has 1 fully saturated rings. The van der Waals surface area contributed by atoms with Crippen LogP contribution in [0.1, 0.15) is 34.3 Å². The van der Waals surface area contributed by atoms with Crippen molar-refractivity contribution in [3.63, 3.8) is 0 Å². The van der Waals surface area contributed by atoms with E-state index in [0.29, 0.717) is 29.7 Å². The first-order valence-electron chi connectivity index (χ1n) is 9.72. The fourth-order valence-electron chi connectivity index (χ4n) is 4.34. The Morgan fingerprint density at radius 2 is 1.86 bits per heavy atom. The maximum atomic E-state index is 12.8. The Bertz CT molecular complexity index is 955. The van der Waals surface area contributed by atoms with Gasteiger partial charge in [-0.2, -0.15) is 0 Å². The van der Waals surface area contributed by atoms with Gasteiger partial charge >= 0.3 is 6.03 Å². The molecule has 0 bridgehead atoms. The molecule has 0 saturated carbocycles. The van der Waals surface area contributed by atoms with Crippen LogP contribution < -0.4 is 5.32 Å². The van der Waals surface area contributed by atoms with E-state index in [-0.39, 0.29) is 17.5 Å². The van der Waals surface area contributed by atoms with Crippen molar-refractivity contribution < 1.29 is 9.59 Å². The minimum Gasteiger partial charge on any atom is -0.336 e. The Kier molecular flexibility index (Phi) is 5.45. The van der Waals surface area contributed by atoms with Crippen LogP contribution >= 0.6 is 23.2 Å². The number of hydrogen-bond acceptors (Lipinski definition) is 2. The predicted molar refractivity (Wildman–Crippen MR) is 114 cm³/mol. The van der Waals surface area contributed by atoms with Crippen LogP contribution in [-0.2, 0) is 13.0 Å². The normalized spacial score (nSPS) is 18.0. The summed E-state index contributed by atoms with van der Waals surface area (Å²) in [6.07, 6.45) is 2.36. The number of halogens is 2. The van der Waals surface area contributed by atoms with Crippen molar-refractivity contribution in [2.24, 2.45) is 0 Å². The molecule has 7 heteroatoms. The number of piperidine rings is 1. The van der Waals surface area contributed by atoms with Gasteiger partial charge in [0.15, 0.2) is 0 Å². The number of rotatable bonds is 2. The molecule has 2 aromatic carbocycles. The first-order valence-corrected chi connectivity index (χ1v) is 10.5. The van der Waals surface area contributed by atoms with Crippen molar-refractivity contribution in [3.8, 4) is 0 Å². The zero-order valence-corrected chi connectivity index (χ0v) is 17.8. The van der Waals surface area contributed by atoms with Crippen molar-refractivity contribution in [1.29, 1.82) is 0 Å². The second-order valence-corrected chi connectivity index (χ2v) is 8.65. The molecular formula is C22H23Cl2N3O2. The van der Waals surface area contributed by atoms with Gasteiger partial charge in [0, 0.05) is 42.3 Å². The van der Waals surface area contributed by atoms with Gasteiger partial charge in [-0.05, 0) is 48.6 Å². The molecule has 1 saturated heterocycles. The Hall–Kier alpha value is -2.24. The summed E-state index contributed by atoms with van der Waals surface area (Å²) in [5, 5.41) is 4.04. The number of carbonyl (C=O) groups excluding carboxylic acids is 2. The smallest absolute Gasteiger partial charge is 0.317 e. The SMILES string of the molecule is CN1C(=O)c2ccccc2CC12CCN(C(=O)NCc1ccc(Cl)cc1Cl)CC2. The molecule has 1 spiro atoms. The van der Waals surface area contributed by atoms with E-state index in [1.807, 2.05) is 47.2 Å². The molecule has 0 aliphatic carbocycles. The highest BCUT2D eigenvalue weighted by atomic mass is 35.5. The lowest BCUT2D eigenvalue weighted by atomic mass is 9.76. The summed E-state index contributed by atoms with van der Waals surface area (Å²) in [5.41, 5.74) is 2.50. The van der Waals surface area contributed by atoms with Gasteiger partial charge in [-0.25, -0.2) is 4.79 Å². The fourth-order valence-corrected chi connectivity index (χ4v) is 4.81. The first-order chi connectivity index (χ1) is 13.9. The van der Waals surface area contributed by atoms with Crippen LogP contribution in [0.3, 0.4) is 0 Å². The molecule has 0 aromatic heterocycles. The Labute approximate surface area is 180 Å². The number of likely N-dealkylation sites (N-methyl/N-ethyl adjacent to an activating group) is 1. The van der Waals surface area contributed by atoms with Gasteiger partial charge in [-0.1, -0.05) is 47.5 Å². The van der Waals surface area contributed by atoms with Crippen LogP contribution in [0.4, 0.5) is 4.79 Å². The van der Waals surface area contributed by atoms with Crippen LogP contribution in [0.25, 0.3) is 0 Å². The third kappa shape index (κ3) is 3.81. The molecule has 2 aliphatic heterocycles. The number of benzene rings is 2. The zero-order valence-electron chi connectivity index (χ0n) is 16.3. The third-order valence-electron chi connectivity index (χ3n) is 6.21. The molecule has 0 radical (unpaired) electrons. The van der Waals surface area contributed by atoms with Gasteiger partial charge in [0.2, 0.25) is 0 Å². The Morgan fingerprint density at radius 3 is 2.59 bits per heavy atom. The standard InChI is InChI=1S/C22H23Cl2N3O2/c1-26-20(28)18-5-3-2-4-15(18)13-22(26)8-10-27(11-9-22)21(29)25-14-16-6-7-17(23)12-19(16)24/h2-7,12H,8-11,13-14H2,1H3,(H,25,29). The molecule has 2 aromatic rings. The number of urea groups is 1. The summed E-state index contributed by atoms with van der Waals surface area (Å²) in [4.78, 5) is 29.2. The van der Waals surface area contributed by atoms with Crippen LogP contribution in [0.2, 0.25) is 10.0 Å². The van der Waals surface area contributed by atoms with Gasteiger partial charge in [0.1, 0.15) is 0 Å². The lowest BCUT2D eigenvalue weighted by Gasteiger charge is -2.50. The highest BCUT2D eigenvalue weighted by Crippen LogP contribution is 2.37. The minimum atomic E-state index is -0.221. The monoisotopic (exact) mass is 431 g/mol. The molecule has 2 heterocycles. The maximum Gasteiger partial charge on any atom is 0.317 e. The van der Waals surface area contributed by atoms with Gasteiger partial charge in [-0.3, -0.25) is 4.79 Å². The summed E-state index contributed by atoms with van der Waals surface area (Å²) >= 11 is 12.1. The maximum absolute atomic E-state index is 12.8. The van der Waals surface area contributed by atoms with Crippen molar-refractivity contribution in [2.75, 3.05) is 20.1 Å². The number of fused-ring (bicyclic) bond motifs is 1. The average molecular weight is 432 g/mol. The number of carbonyl (C=O) groups is 2. The molecule has 4 rings (SSSR count). The molecule has 0 atom stereocenters. The van der Waals surface area contributed by atoms with Gasteiger partial charge in [0.25, 0.3) is 5.91 Å². The van der Waals surface area contributed by atoms with E-state index in [0.717, 1.165) is 36.0 Å². The molecule has 2 aliphatic rings. The summed E-state index contributed by atoms with van der Waals surface area (Å²) in [6.45, 7) is 1.57. The molecule has 5 nitrogen and oxygen atoms in total. The summed E-state index contributed by atoms with van der Waals surface area (Å²) < 4.78 is 0. The number of nitrogens with zero attached hydrogens (tertiary/aromatic N) is 2. The van der Waals surface area contributed by atoms with E-state index < -0.39 is 0 Å². The van der Waals surface area contributed by atoms with Crippen molar-refractivity contribution in [2.45, 2.75) is 31.3 Å². The predicted octanol–water partition coefficient (Wildman–Crippen LogP) is 4.37. The van der Waals surface area contributed by atoms with E-state index in [2.05, 4.69) is 5.32 Å². The van der Waals surface area contributed by atoms with E-state index in [1.165, 1.54) is 0 Å². The van der Waals surface area contributed by atoms with E-state index in [1.54, 1.807) is 12.1 Å². The lowest BCUT2D eigenvalue weighted by Crippen LogP contribution is -2.60. The quantitative estimate of drug-likeness (QED) is 0.767. The largest absolute Gasteiger partial charge is 0.336 e. The Morgan fingerprint density at radius 1 is 1.14 bits per heavy atom. The molecule has 152 valence electrons. The molecule has 0 unspecified atom stereocenters. The van der Waals surface area contributed by atoms with Gasteiger partial charge in [0.05, 0.1) is 5.54 Å². The minimum absolute atomic E-state index is 0.0714. The second-order valence-electron chi connectivity index (χ2n) is 7.80. The fraction of sp³-hybridized carbons (Fsp3) is 0.364. The highest BCUT2D eigenvalue weighted by molar-refractivity contribution is 6.35. The van der Waals surface area contributed by atoms with Gasteiger partial charge in [-0.15, -0.1) is 0 Å². The summed E-state index contributed by atoms with van der Waals surface area (Å²) in [6, 6.07) is 12.9. The van der Waals surface area contributed by atoms with Crippen molar-refractivity contribution in [1.82, 2.24) is 15.1 Å². The van der Waals surface area contributed by atoms with E-state index >= 15 is 0 Å². The number of amides is 3. The zero-order chi connectivity index (χ0) is 20.6. The Balaban J connectivity index is 1.39. The average Bonchev–Trinajstić information content (AvgIpc) is 2.72. The second kappa shape index (κ2) is 7.88. The number of nitrogens with one attached hydrogen (secondary N) is 1. The van der Waals surface area contributed by atoms with Crippen LogP contribution in [0.5, 0.6) is 0 Å². The molecule has 29 heavy (non-hydrogen) atoms. The van der Waals surface area contributed by atoms with Crippen molar-refractivity contribution >= 4 is 35.1 Å². The summed E-state index contributed by atoms with van der Waals surface area (Å²) in [7, 11) is 1.89. The first kappa shape index (κ1) is 20.0. The third-order valence-corrected chi connectivity index (χ3v) is 6.80. The van der Waals surface area contributed by atoms with Crippen molar-refractivity contribution in [3.05, 3.63) is 69.2 Å².